The quantitative estimate of drug-likeness (QED) is 0.629. The molecule has 0 unspecified atom stereocenters. The molecular formula is C15H22F3N3O2. The van der Waals surface area contributed by atoms with E-state index in [2.05, 4.69) is 5.10 Å². The molecule has 0 aliphatic rings. The number of hydrogen-bond donors (Lipinski definition) is 0. The number of hydrogen-bond acceptors (Lipinski definition) is 3. The van der Waals surface area contributed by atoms with E-state index < -0.39 is 29.8 Å². The molecule has 5 nitrogen and oxygen atoms in total. The summed E-state index contributed by atoms with van der Waals surface area (Å²) in [5.74, 6) is -2.11. The van der Waals surface area contributed by atoms with E-state index in [0.717, 1.165) is 0 Å². The highest BCUT2D eigenvalue weighted by molar-refractivity contribution is 6.43. The summed E-state index contributed by atoms with van der Waals surface area (Å²) in [5, 5.41) is 4.03. The molecule has 0 aliphatic heterocycles. The maximum absolute atomic E-state index is 12.7. The second-order valence-electron chi connectivity index (χ2n) is 6.84. The van der Waals surface area contributed by atoms with Crippen molar-refractivity contribution in [3.8, 4) is 0 Å². The van der Waals surface area contributed by atoms with Gasteiger partial charge in [0.25, 0.3) is 11.7 Å². The van der Waals surface area contributed by atoms with Gasteiger partial charge < -0.3 is 4.90 Å². The van der Waals surface area contributed by atoms with E-state index in [4.69, 9.17) is 0 Å². The van der Waals surface area contributed by atoms with Crippen LogP contribution in [0.15, 0.2) is 0 Å². The van der Waals surface area contributed by atoms with Gasteiger partial charge >= 0.3 is 6.18 Å². The maximum Gasteiger partial charge on any atom is 0.406 e. The standard InChI is InChI=1S/C15H22F3N3O2/c1-9-11(10(2)20(6)19-9)12(22)13(23)21(7-14(3,4)5)8-15(16,17)18/h7-8H2,1-6H3. The van der Waals surface area contributed by atoms with Gasteiger partial charge in [0.15, 0.2) is 0 Å². The summed E-state index contributed by atoms with van der Waals surface area (Å²) in [4.78, 5) is 25.3. The van der Waals surface area contributed by atoms with Crippen LogP contribution in [0, 0.1) is 19.3 Å². The van der Waals surface area contributed by atoms with Gasteiger partial charge in [-0.05, 0) is 19.3 Å². The Bertz CT molecular complexity index is 597. The fourth-order valence-corrected chi connectivity index (χ4v) is 2.34. The predicted molar refractivity (Wildman–Crippen MR) is 79.1 cm³/mol. The summed E-state index contributed by atoms with van der Waals surface area (Å²) in [6.45, 7) is 6.63. The third-order valence-electron chi connectivity index (χ3n) is 3.25. The Balaban J connectivity index is 3.15. The van der Waals surface area contributed by atoms with Gasteiger partial charge in [-0.3, -0.25) is 14.3 Å². The lowest BCUT2D eigenvalue weighted by atomic mass is 9.95. The first kappa shape index (κ1) is 19.2. The number of aromatic nitrogens is 2. The van der Waals surface area contributed by atoms with Crippen molar-refractivity contribution in [1.29, 1.82) is 0 Å². The van der Waals surface area contributed by atoms with E-state index >= 15 is 0 Å². The highest BCUT2D eigenvalue weighted by atomic mass is 19.4. The summed E-state index contributed by atoms with van der Waals surface area (Å²) >= 11 is 0. The second-order valence-corrected chi connectivity index (χ2v) is 6.84. The van der Waals surface area contributed by atoms with Crippen molar-refractivity contribution in [3.05, 3.63) is 17.0 Å². The number of carbonyl (C=O) groups is 2. The minimum absolute atomic E-state index is 0.0681. The van der Waals surface area contributed by atoms with E-state index in [1.165, 1.54) is 4.68 Å². The first-order chi connectivity index (χ1) is 10.2. The Morgan fingerprint density at radius 3 is 2.00 bits per heavy atom. The van der Waals surface area contributed by atoms with Crippen LogP contribution in [0.2, 0.25) is 0 Å². The molecule has 130 valence electrons. The Kier molecular flexibility index (Phi) is 5.28. The number of halogens is 3. The Labute approximate surface area is 133 Å². The lowest BCUT2D eigenvalue weighted by Crippen LogP contribution is -2.46. The first-order valence-corrected chi connectivity index (χ1v) is 7.13. The third kappa shape index (κ3) is 5.07. The minimum Gasteiger partial charge on any atom is -0.326 e. The van der Waals surface area contributed by atoms with E-state index in [9.17, 15) is 22.8 Å². The summed E-state index contributed by atoms with van der Waals surface area (Å²) in [6.07, 6.45) is -4.57. The van der Waals surface area contributed by atoms with Gasteiger partial charge in [0, 0.05) is 19.3 Å². The Morgan fingerprint density at radius 2 is 1.65 bits per heavy atom. The van der Waals surface area contributed by atoms with E-state index in [-0.39, 0.29) is 12.1 Å². The number of ketones is 1. The molecule has 0 fully saturated rings. The second kappa shape index (κ2) is 6.33. The van der Waals surface area contributed by atoms with Gasteiger partial charge in [-0.2, -0.15) is 18.3 Å². The average molecular weight is 333 g/mol. The number of Topliss-reactive ketones (excluding diaryl/α,β-unsaturated/α-hetero) is 1. The monoisotopic (exact) mass is 333 g/mol. The smallest absolute Gasteiger partial charge is 0.326 e. The van der Waals surface area contributed by atoms with Gasteiger partial charge in [-0.25, -0.2) is 0 Å². The van der Waals surface area contributed by atoms with Gasteiger partial charge in [-0.1, -0.05) is 20.8 Å². The van der Waals surface area contributed by atoms with Crippen LogP contribution in [0.1, 0.15) is 42.5 Å². The molecule has 23 heavy (non-hydrogen) atoms. The van der Waals surface area contributed by atoms with Crippen LogP contribution >= 0.6 is 0 Å². The molecule has 0 bridgehead atoms. The molecular weight excluding hydrogens is 311 g/mol. The van der Waals surface area contributed by atoms with Crippen molar-refractivity contribution in [2.24, 2.45) is 12.5 Å². The molecule has 1 rings (SSSR count). The lowest BCUT2D eigenvalue weighted by Gasteiger charge is -2.30. The fraction of sp³-hybridized carbons (Fsp3) is 0.667. The Morgan fingerprint density at radius 1 is 1.13 bits per heavy atom. The van der Waals surface area contributed by atoms with Crippen molar-refractivity contribution in [2.75, 3.05) is 13.1 Å². The van der Waals surface area contributed by atoms with Crippen molar-refractivity contribution >= 4 is 11.7 Å². The van der Waals surface area contributed by atoms with E-state index in [1.54, 1.807) is 41.7 Å². The summed E-state index contributed by atoms with van der Waals surface area (Å²) in [5.41, 5.74) is 0.272. The van der Waals surface area contributed by atoms with Crippen LogP contribution < -0.4 is 0 Å². The van der Waals surface area contributed by atoms with Crippen LogP contribution in [-0.4, -0.2) is 45.6 Å². The minimum atomic E-state index is -4.57. The third-order valence-corrected chi connectivity index (χ3v) is 3.25. The maximum atomic E-state index is 12.7. The van der Waals surface area contributed by atoms with Crippen molar-refractivity contribution < 1.29 is 22.8 Å². The SMILES string of the molecule is Cc1nn(C)c(C)c1C(=O)C(=O)N(CC(C)(C)C)CC(F)(F)F. The van der Waals surface area contributed by atoms with E-state index in [0.29, 0.717) is 16.3 Å². The zero-order valence-electron chi connectivity index (χ0n) is 14.2. The topological polar surface area (TPSA) is 55.2 Å². The number of alkyl halides is 3. The molecule has 0 N–H and O–H groups in total. The predicted octanol–water partition coefficient (Wildman–Crippen LogP) is 2.66. The molecule has 0 aromatic carbocycles. The van der Waals surface area contributed by atoms with Crippen molar-refractivity contribution in [3.63, 3.8) is 0 Å². The van der Waals surface area contributed by atoms with Crippen LogP contribution in [-0.2, 0) is 11.8 Å². The summed E-state index contributed by atoms with van der Waals surface area (Å²) < 4.78 is 39.7. The molecule has 0 radical (unpaired) electrons. The largest absolute Gasteiger partial charge is 0.406 e. The molecule has 1 heterocycles. The number of rotatable bonds is 4. The number of carbonyl (C=O) groups excluding carboxylic acids is 2. The highest BCUT2D eigenvalue weighted by Gasteiger charge is 2.38. The summed E-state index contributed by atoms with van der Waals surface area (Å²) in [7, 11) is 1.60. The molecule has 1 amide bonds. The Hall–Kier alpha value is -1.86. The fourth-order valence-electron chi connectivity index (χ4n) is 2.34. The summed E-state index contributed by atoms with van der Waals surface area (Å²) in [6, 6.07) is 0. The molecule has 0 saturated carbocycles. The van der Waals surface area contributed by atoms with Crippen molar-refractivity contribution in [1.82, 2.24) is 14.7 Å². The van der Waals surface area contributed by atoms with Gasteiger partial charge in [0.2, 0.25) is 0 Å². The van der Waals surface area contributed by atoms with Crippen LogP contribution in [0.5, 0.6) is 0 Å². The zero-order chi connectivity index (χ0) is 18.2. The molecule has 0 spiro atoms. The van der Waals surface area contributed by atoms with Crippen LogP contribution in [0.25, 0.3) is 0 Å². The van der Waals surface area contributed by atoms with Gasteiger partial charge in [0.1, 0.15) is 6.54 Å². The number of nitrogens with zero attached hydrogens (tertiary/aromatic N) is 3. The normalized spacial score (nSPS) is 12.4. The van der Waals surface area contributed by atoms with E-state index in [1.807, 2.05) is 0 Å². The molecule has 0 aliphatic carbocycles. The molecule has 1 aromatic heterocycles. The molecule has 0 saturated heterocycles. The van der Waals surface area contributed by atoms with Crippen LogP contribution in [0.4, 0.5) is 13.2 Å². The molecule has 0 atom stereocenters. The van der Waals surface area contributed by atoms with Gasteiger partial charge in [-0.15, -0.1) is 0 Å². The molecule has 1 aromatic rings. The van der Waals surface area contributed by atoms with Crippen molar-refractivity contribution in [2.45, 2.75) is 40.8 Å². The lowest BCUT2D eigenvalue weighted by molar-refractivity contribution is -0.160. The zero-order valence-corrected chi connectivity index (χ0v) is 14.2. The average Bonchev–Trinajstić information content (AvgIpc) is 2.57. The molecule has 8 heteroatoms. The number of amides is 1. The number of aryl methyl sites for hydroxylation is 2. The van der Waals surface area contributed by atoms with Crippen LogP contribution in [0.3, 0.4) is 0 Å². The first-order valence-electron chi connectivity index (χ1n) is 7.13. The van der Waals surface area contributed by atoms with Gasteiger partial charge in [0.05, 0.1) is 11.3 Å². The highest BCUT2D eigenvalue weighted by Crippen LogP contribution is 2.23.